The van der Waals surface area contributed by atoms with Crippen molar-refractivity contribution in [3.05, 3.63) is 36.0 Å². The molecule has 1 heterocycles. The van der Waals surface area contributed by atoms with Crippen LogP contribution in [0.4, 0.5) is 0 Å². The van der Waals surface area contributed by atoms with Crippen LogP contribution in [0, 0.1) is 0 Å². The largest absolute Gasteiger partial charge is 0.480 e. The molecule has 1 aromatic carbocycles. The number of benzene rings is 1. The van der Waals surface area contributed by atoms with E-state index in [1.807, 2.05) is 24.3 Å². The van der Waals surface area contributed by atoms with E-state index in [0.29, 0.717) is 0 Å². The monoisotopic (exact) mass is 531 g/mol. The van der Waals surface area contributed by atoms with E-state index in [9.17, 15) is 29.1 Å². The quantitative estimate of drug-likeness (QED) is 0.0648. The van der Waals surface area contributed by atoms with Gasteiger partial charge < -0.3 is 49.0 Å². The predicted molar refractivity (Wildman–Crippen MR) is 138 cm³/mol. The molecule has 0 saturated heterocycles. The molecule has 0 aliphatic rings. The van der Waals surface area contributed by atoms with Crippen molar-refractivity contribution >= 4 is 46.5 Å². The number of nitrogens with zero attached hydrogens (tertiary/aromatic N) is 1. The number of primary amides is 1. The van der Waals surface area contributed by atoms with Gasteiger partial charge in [-0.05, 0) is 30.9 Å². The number of carbonyl (C=O) groups is 5. The molecular formula is C23H33N9O6. The third-order valence-electron chi connectivity index (χ3n) is 5.49. The Morgan fingerprint density at radius 3 is 2.37 bits per heavy atom. The van der Waals surface area contributed by atoms with Gasteiger partial charge in [-0.2, -0.15) is 0 Å². The van der Waals surface area contributed by atoms with Gasteiger partial charge in [0.25, 0.3) is 0 Å². The summed E-state index contributed by atoms with van der Waals surface area (Å²) in [6.45, 7) is -0.393. The highest BCUT2D eigenvalue weighted by molar-refractivity contribution is 5.95. The standard InChI is InChI=1S/C23H33N9O6/c24-14(8-12-10-29-15-5-2-1-4-13(12)15)20(35)30-11-19(34)31-17(9-18(25)33)21(36)32-16(22(37)38)6-3-7-28-23(26)27/h1-2,4-5,10,14,16-17,29H,3,6-9,11,24H2,(H2,25,33)(H,30,35)(H,31,34)(H,32,36)(H,37,38)(H4,26,27,28). The molecule has 2 aromatic rings. The Labute approximate surface area is 217 Å². The number of carboxylic acid groups (broad SMARTS) is 1. The SMILES string of the molecule is NC(=O)CC(NC(=O)CNC(=O)C(N)Cc1c[nH]c2ccccc12)C(=O)NC(CCCN=C(N)N)C(=O)O. The lowest BCUT2D eigenvalue weighted by molar-refractivity contribution is -0.142. The van der Waals surface area contributed by atoms with Crippen LogP contribution in [0.5, 0.6) is 0 Å². The maximum absolute atomic E-state index is 12.6. The molecular weight excluding hydrogens is 498 g/mol. The molecule has 2 rings (SSSR count). The van der Waals surface area contributed by atoms with E-state index in [2.05, 4.69) is 25.9 Å². The molecule has 0 bridgehead atoms. The van der Waals surface area contributed by atoms with Crippen molar-refractivity contribution in [3.63, 3.8) is 0 Å². The van der Waals surface area contributed by atoms with Gasteiger partial charge in [-0.25, -0.2) is 4.79 Å². The first kappa shape index (κ1) is 29.6. The number of rotatable bonds is 15. The Bertz CT molecular complexity index is 1190. The van der Waals surface area contributed by atoms with Crippen LogP contribution < -0.4 is 38.9 Å². The summed E-state index contributed by atoms with van der Waals surface area (Å²) < 4.78 is 0. The highest BCUT2D eigenvalue weighted by Gasteiger charge is 2.28. The van der Waals surface area contributed by atoms with Gasteiger partial charge in [-0.1, -0.05) is 18.2 Å². The number of fused-ring (bicyclic) bond motifs is 1. The summed E-state index contributed by atoms with van der Waals surface area (Å²) in [5.41, 5.74) is 23.3. The normalized spacial score (nSPS) is 13.1. The zero-order valence-electron chi connectivity index (χ0n) is 20.6. The average Bonchev–Trinajstić information content (AvgIpc) is 3.25. The Kier molecular flexibility index (Phi) is 11.0. The molecule has 3 unspecified atom stereocenters. The van der Waals surface area contributed by atoms with E-state index in [1.54, 1.807) is 6.20 Å². The number of aliphatic imine (C=N–C) groups is 1. The number of aromatic nitrogens is 1. The lowest BCUT2D eigenvalue weighted by Gasteiger charge is -2.21. The van der Waals surface area contributed by atoms with Gasteiger partial charge in [0.15, 0.2) is 5.96 Å². The molecule has 0 fully saturated rings. The Morgan fingerprint density at radius 1 is 1.00 bits per heavy atom. The van der Waals surface area contributed by atoms with Crippen LogP contribution in [0.25, 0.3) is 10.9 Å². The van der Waals surface area contributed by atoms with Crippen molar-refractivity contribution in [2.45, 2.75) is 43.8 Å². The minimum atomic E-state index is -1.46. The second-order valence-electron chi connectivity index (χ2n) is 8.53. The number of amides is 4. The van der Waals surface area contributed by atoms with Crippen LogP contribution in [0.15, 0.2) is 35.5 Å². The van der Waals surface area contributed by atoms with E-state index in [4.69, 9.17) is 22.9 Å². The van der Waals surface area contributed by atoms with Crippen molar-refractivity contribution in [1.82, 2.24) is 20.9 Å². The Balaban J connectivity index is 1.90. The minimum absolute atomic E-state index is 0.0144. The number of aromatic amines is 1. The summed E-state index contributed by atoms with van der Waals surface area (Å²) in [5, 5.41) is 17.2. The smallest absolute Gasteiger partial charge is 0.326 e. The number of hydrogen-bond acceptors (Lipinski definition) is 7. The molecule has 0 aliphatic carbocycles. The fourth-order valence-electron chi connectivity index (χ4n) is 3.62. The maximum atomic E-state index is 12.6. The lowest BCUT2D eigenvalue weighted by atomic mass is 10.1. The van der Waals surface area contributed by atoms with E-state index in [1.165, 1.54) is 0 Å². The van der Waals surface area contributed by atoms with Gasteiger partial charge in [-0.15, -0.1) is 0 Å². The zero-order valence-corrected chi connectivity index (χ0v) is 20.6. The second kappa shape index (κ2) is 14.2. The van der Waals surface area contributed by atoms with Gasteiger partial charge in [0, 0.05) is 23.6 Å². The first-order valence-electron chi connectivity index (χ1n) is 11.7. The van der Waals surface area contributed by atoms with E-state index in [0.717, 1.165) is 16.5 Å². The third-order valence-corrected chi connectivity index (χ3v) is 5.49. The minimum Gasteiger partial charge on any atom is -0.480 e. The number of para-hydroxylation sites is 1. The van der Waals surface area contributed by atoms with Gasteiger partial charge in [0.1, 0.15) is 12.1 Å². The molecule has 13 N–H and O–H groups in total. The summed E-state index contributed by atoms with van der Waals surface area (Å²) in [5.74, 6) is -4.74. The number of hydrogen-bond donors (Lipinski definition) is 9. The summed E-state index contributed by atoms with van der Waals surface area (Å²) in [7, 11) is 0. The van der Waals surface area contributed by atoms with Gasteiger partial charge >= 0.3 is 5.97 Å². The predicted octanol–water partition coefficient (Wildman–Crippen LogP) is -2.86. The summed E-state index contributed by atoms with van der Waals surface area (Å²) in [4.78, 5) is 67.2. The number of nitrogens with one attached hydrogen (secondary N) is 4. The second-order valence-corrected chi connectivity index (χ2v) is 8.53. The number of guanidine groups is 1. The molecule has 15 heteroatoms. The van der Waals surface area contributed by atoms with Crippen molar-refractivity contribution in [2.75, 3.05) is 13.1 Å². The van der Waals surface area contributed by atoms with Gasteiger partial charge in [-0.3, -0.25) is 24.2 Å². The highest BCUT2D eigenvalue weighted by Crippen LogP contribution is 2.18. The molecule has 1 aromatic heterocycles. The topological polar surface area (TPSA) is 274 Å². The van der Waals surface area contributed by atoms with Crippen LogP contribution in [0.1, 0.15) is 24.8 Å². The third kappa shape index (κ3) is 9.42. The van der Waals surface area contributed by atoms with Crippen LogP contribution >= 0.6 is 0 Å². The molecule has 4 amide bonds. The van der Waals surface area contributed by atoms with E-state index >= 15 is 0 Å². The van der Waals surface area contributed by atoms with Crippen LogP contribution in [0.2, 0.25) is 0 Å². The fraction of sp³-hybridized carbons (Fsp3) is 0.391. The van der Waals surface area contributed by atoms with Gasteiger partial charge in [0.05, 0.1) is 19.0 Å². The van der Waals surface area contributed by atoms with E-state index < -0.39 is 60.7 Å². The Hall–Kier alpha value is -4.66. The maximum Gasteiger partial charge on any atom is 0.326 e. The number of carbonyl (C=O) groups excluding carboxylic acids is 4. The number of nitrogens with two attached hydrogens (primary N) is 4. The van der Waals surface area contributed by atoms with Crippen molar-refractivity contribution in [2.24, 2.45) is 27.9 Å². The summed E-state index contributed by atoms with van der Waals surface area (Å²) >= 11 is 0. The first-order valence-corrected chi connectivity index (χ1v) is 11.7. The van der Waals surface area contributed by atoms with Crippen molar-refractivity contribution in [3.8, 4) is 0 Å². The fourth-order valence-corrected chi connectivity index (χ4v) is 3.62. The lowest BCUT2D eigenvalue weighted by Crippen LogP contribution is -2.54. The number of carboxylic acids is 1. The molecule has 206 valence electrons. The molecule has 0 spiro atoms. The highest BCUT2D eigenvalue weighted by atomic mass is 16.4. The van der Waals surface area contributed by atoms with Crippen LogP contribution in [0.3, 0.4) is 0 Å². The number of aliphatic carboxylic acids is 1. The molecule has 3 atom stereocenters. The van der Waals surface area contributed by atoms with Crippen LogP contribution in [-0.4, -0.2) is 76.9 Å². The van der Waals surface area contributed by atoms with Gasteiger partial charge in [0.2, 0.25) is 23.6 Å². The summed E-state index contributed by atoms with van der Waals surface area (Å²) in [6.07, 6.45) is 1.60. The molecule has 15 nitrogen and oxygen atoms in total. The van der Waals surface area contributed by atoms with Crippen molar-refractivity contribution in [1.29, 1.82) is 0 Å². The summed E-state index contributed by atoms with van der Waals surface area (Å²) in [6, 6.07) is 3.77. The molecule has 0 aliphatic heterocycles. The zero-order chi connectivity index (χ0) is 28.2. The number of H-pyrrole nitrogens is 1. The van der Waals surface area contributed by atoms with Crippen LogP contribution in [-0.2, 0) is 30.4 Å². The first-order chi connectivity index (χ1) is 18.0. The van der Waals surface area contributed by atoms with E-state index in [-0.39, 0.29) is 31.8 Å². The average molecular weight is 532 g/mol. The Morgan fingerprint density at radius 2 is 1.71 bits per heavy atom. The molecule has 0 saturated carbocycles. The molecule has 0 radical (unpaired) electrons. The molecule has 38 heavy (non-hydrogen) atoms. The van der Waals surface area contributed by atoms with Crippen molar-refractivity contribution < 1.29 is 29.1 Å².